The van der Waals surface area contributed by atoms with E-state index < -0.39 is 32.2 Å². The number of hydrogen-bond donors (Lipinski definition) is 1. The van der Waals surface area contributed by atoms with E-state index in [0.29, 0.717) is 22.6 Å². The van der Waals surface area contributed by atoms with Gasteiger partial charge in [-0.1, -0.05) is 111 Å². The molecule has 0 aliphatic rings. The van der Waals surface area contributed by atoms with Gasteiger partial charge >= 0.3 is 6.18 Å². The number of rotatable bonds is 9. The van der Waals surface area contributed by atoms with Crippen LogP contribution in [0.15, 0.2) is 104 Å². The molecule has 1 atom stereocenters. The number of hydrogen-bond acceptors (Lipinski definition) is 6. The molecule has 0 amide bonds. The Labute approximate surface area is 272 Å². The predicted molar refractivity (Wildman–Crippen MR) is 180 cm³/mol. The summed E-state index contributed by atoms with van der Waals surface area (Å²) >= 11 is 0. The van der Waals surface area contributed by atoms with Crippen molar-refractivity contribution in [2.45, 2.75) is 45.0 Å². The molecule has 0 bridgehead atoms. The molecule has 0 saturated heterocycles. The first-order chi connectivity index (χ1) is 22.4. The molecule has 3 aromatic carbocycles. The van der Waals surface area contributed by atoms with Gasteiger partial charge in [0.1, 0.15) is 5.69 Å². The van der Waals surface area contributed by atoms with Crippen molar-refractivity contribution in [3.8, 4) is 22.5 Å². The zero-order valence-corrected chi connectivity index (χ0v) is 27.8. The van der Waals surface area contributed by atoms with E-state index in [1.807, 2.05) is 113 Å². The van der Waals surface area contributed by atoms with Gasteiger partial charge in [0.05, 0.1) is 18.4 Å². The lowest BCUT2D eigenvalue weighted by molar-refractivity contribution is -0.193. The standard InChI is InChI=1S/C35H36F3N7OSi/c1-24-16-18-25(19-17-24)29-23-45-32(31(41-29)26-20-40-44(5)22-26)42-43-33(45)39-21-30(35(36,37)38)46-47(34(2,3)4,27-12-8-6-9-13-27)28-14-10-7-11-15-28/h6-20,22-23,30H,21H2,1-5H3,(H,39,43). The molecule has 0 aliphatic carbocycles. The maximum atomic E-state index is 15.0. The van der Waals surface area contributed by atoms with E-state index in [1.54, 1.807) is 34.7 Å². The summed E-state index contributed by atoms with van der Waals surface area (Å²) in [6, 6.07) is 26.4. The zero-order chi connectivity index (χ0) is 33.4. The number of nitrogens with zero attached hydrogens (tertiary/aromatic N) is 6. The van der Waals surface area contributed by atoms with Gasteiger partial charge in [-0.05, 0) is 22.3 Å². The van der Waals surface area contributed by atoms with Crippen molar-refractivity contribution in [2.24, 2.45) is 7.05 Å². The summed E-state index contributed by atoms with van der Waals surface area (Å²) in [6.45, 7) is 7.26. The third kappa shape index (κ3) is 6.30. The Hall–Kier alpha value is -4.81. The van der Waals surface area contributed by atoms with Crippen molar-refractivity contribution in [1.82, 2.24) is 29.4 Å². The zero-order valence-electron chi connectivity index (χ0n) is 26.8. The summed E-state index contributed by atoms with van der Waals surface area (Å²) in [7, 11) is -1.73. The first-order valence-corrected chi connectivity index (χ1v) is 17.2. The Bertz CT molecular complexity index is 1930. The van der Waals surface area contributed by atoms with E-state index in [9.17, 15) is 0 Å². The predicted octanol–water partition coefficient (Wildman–Crippen LogP) is 6.42. The molecule has 0 spiro atoms. The van der Waals surface area contributed by atoms with Crippen molar-refractivity contribution < 1.29 is 17.6 Å². The van der Waals surface area contributed by atoms with Gasteiger partial charge in [0.25, 0.3) is 8.32 Å². The summed E-state index contributed by atoms with van der Waals surface area (Å²) in [5.41, 5.74) is 4.13. The molecule has 6 aromatic rings. The number of alkyl halides is 3. The number of halogens is 3. The third-order valence-electron chi connectivity index (χ3n) is 8.26. The minimum atomic E-state index is -4.68. The van der Waals surface area contributed by atoms with E-state index in [-0.39, 0.29) is 5.95 Å². The molecule has 1 unspecified atom stereocenters. The number of nitrogens with one attached hydrogen (secondary N) is 1. The topological polar surface area (TPSA) is 82.2 Å². The molecule has 3 aromatic heterocycles. The van der Waals surface area contributed by atoms with E-state index in [1.165, 1.54) is 0 Å². The molecular weight excluding hydrogens is 620 g/mol. The molecule has 242 valence electrons. The number of aryl methyl sites for hydroxylation is 2. The summed E-state index contributed by atoms with van der Waals surface area (Å²) in [5, 5.41) is 16.7. The average Bonchev–Trinajstić information content (AvgIpc) is 3.67. The first-order valence-electron chi connectivity index (χ1n) is 15.3. The van der Waals surface area contributed by atoms with Crippen molar-refractivity contribution in [1.29, 1.82) is 0 Å². The van der Waals surface area contributed by atoms with Crippen LogP contribution in [0.2, 0.25) is 5.04 Å². The van der Waals surface area contributed by atoms with Crippen LogP contribution in [0.1, 0.15) is 26.3 Å². The van der Waals surface area contributed by atoms with Crippen LogP contribution in [-0.2, 0) is 11.5 Å². The number of anilines is 1. The third-order valence-corrected chi connectivity index (χ3v) is 13.3. The lowest BCUT2D eigenvalue weighted by atomic mass is 10.1. The van der Waals surface area contributed by atoms with Gasteiger partial charge in [0.2, 0.25) is 5.95 Å². The molecule has 1 N–H and O–H groups in total. The SMILES string of the molecule is Cc1ccc(-c2cn3c(NCC(O[Si](c4ccccc4)(c4ccccc4)C(C)(C)C)C(F)(F)F)nnc3c(-c3cnn(C)c3)n2)cc1. The Morgan fingerprint density at radius 3 is 1.98 bits per heavy atom. The minimum Gasteiger partial charge on any atom is -0.394 e. The maximum absolute atomic E-state index is 15.0. The van der Waals surface area contributed by atoms with Crippen LogP contribution in [0.5, 0.6) is 0 Å². The second-order valence-electron chi connectivity index (χ2n) is 12.7. The quantitative estimate of drug-likeness (QED) is 0.181. The Balaban J connectivity index is 1.42. The monoisotopic (exact) mass is 655 g/mol. The molecule has 0 fully saturated rings. The fraction of sp³-hybridized carbons (Fsp3) is 0.257. The van der Waals surface area contributed by atoms with E-state index >= 15 is 13.2 Å². The molecule has 0 radical (unpaired) electrons. The van der Waals surface area contributed by atoms with Crippen molar-refractivity contribution in [3.63, 3.8) is 0 Å². The molecule has 47 heavy (non-hydrogen) atoms. The van der Waals surface area contributed by atoms with Gasteiger partial charge < -0.3 is 9.74 Å². The molecule has 0 saturated carbocycles. The molecule has 6 rings (SSSR count). The van der Waals surface area contributed by atoms with Crippen molar-refractivity contribution in [3.05, 3.63) is 109 Å². The lowest BCUT2D eigenvalue weighted by Crippen LogP contribution is -2.69. The number of aromatic nitrogens is 6. The van der Waals surface area contributed by atoms with Gasteiger partial charge in [-0.25, -0.2) is 4.98 Å². The highest BCUT2D eigenvalue weighted by Gasteiger charge is 2.55. The highest BCUT2D eigenvalue weighted by Crippen LogP contribution is 2.40. The molecular formula is C35H36F3N7OSi. The van der Waals surface area contributed by atoms with Crippen LogP contribution in [0.4, 0.5) is 19.1 Å². The van der Waals surface area contributed by atoms with Crippen molar-refractivity contribution >= 4 is 30.3 Å². The molecule has 3 heterocycles. The van der Waals surface area contributed by atoms with Gasteiger partial charge in [0.15, 0.2) is 11.8 Å². The summed E-state index contributed by atoms with van der Waals surface area (Å²) < 4.78 is 54.9. The normalized spacial score (nSPS) is 13.2. The Morgan fingerprint density at radius 2 is 1.45 bits per heavy atom. The highest BCUT2D eigenvalue weighted by molar-refractivity contribution is 6.99. The van der Waals surface area contributed by atoms with Crippen LogP contribution in [0.25, 0.3) is 28.2 Å². The fourth-order valence-electron chi connectivity index (χ4n) is 5.93. The van der Waals surface area contributed by atoms with Gasteiger partial charge in [-0.3, -0.25) is 9.08 Å². The summed E-state index contributed by atoms with van der Waals surface area (Å²) in [6.07, 6.45) is -1.64. The van der Waals surface area contributed by atoms with Crippen LogP contribution in [-0.4, -0.2) is 56.5 Å². The summed E-state index contributed by atoms with van der Waals surface area (Å²) in [4.78, 5) is 4.87. The second kappa shape index (κ2) is 12.4. The lowest BCUT2D eigenvalue weighted by Gasteiger charge is -2.45. The Kier molecular flexibility index (Phi) is 8.49. The van der Waals surface area contributed by atoms with Gasteiger partial charge in [-0.2, -0.15) is 18.3 Å². The number of benzene rings is 3. The summed E-state index contributed by atoms with van der Waals surface area (Å²) in [5.74, 6) is 0.140. The van der Waals surface area contributed by atoms with Crippen LogP contribution in [0, 0.1) is 6.92 Å². The van der Waals surface area contributed by atoms with Gasteiger partial charge in [0, 0.05) is 30.6 Å². The molecule has 0 aliphatic heterocycles. The van der Waals surface area contributed by atoms with Crippen LogP contribution in [0.3, 0.4) is 0 Å². The minimum absolute atomic E-state index is 0.140. The number of fused-ring (bicyclic) bond motifs is 1. The van der Waals surface area contributed by atoms with E-state index in [4.69, 9.17) is 9.41 Å². The van der Waals surface area contributed by atoms with E-state index in [0.717, 1.165) is 21.5 Å². The van der Waals surface area contributed by atoms with Gasteiger partial charge in [-0.15, -0.1) is 10.2 Å². The van der Waals surface area contributed by atoms with E-state index in [2.05, 4.69) is 20.6 Å². The molecule has 12 heteroatoms. The molecule has 8 nitrogen and oxygen atoms in total. The highest BCUT2D eigenvalue weighted by atomic mass is 28.4. The second-order valence-corrected chi connectivity index (χ2v) is 16.9. The first kappa shape index (κ1) is 32.1. The van der Waals surface area contributed by atoms with Crippen molar-refractivity contribution in [2.75, 3.05) is 11.9 Å². The average molecular weight is 656 g/mol. The smallest absolute Gasteiger partial charge is 0.394 e. The fourth-order valence-corrected chi connectivity index (χ4v) is 10.6. The maximum Gasteiger partial charge on any atom is 0.415 e. The largest absolute Gasteiger partial charge is 0.415 e. The van der Waals surface area contributed by atoms with Crippen LogP contribution >= 0.6 is 0 Å². The Morgan fingerprint density at radius 1 is 0.830 bits per heavy atom. The van der Waals surface area contributed by atoms with Crippen LogP contribution < -0.4 is 15.7 Å².